The first-order chi connectivity index (χ1) is 9.01. The molecule has 2 rings (SSSR count). The summed E-state index contributed by atoms with van der Waals surface area (Å²) in [6, 6.07) is -0.820. The average molecular weight is 268 g/mol. The van der Waals surface area contributed by atoms with E-state index in [1.807, 2.05) is 0 Å². The monoisotopic (exact) mass is 268 g/mol. The highest BCUT2D eigenvalue weighted by Crippen LogP contribution is 2.34. The van der Waals surface area contributed by atoms with E-state index >= 15 is 0 Å². The molecule has 1 atom stereocenters. The van der Waals surface area contributed by atoms with Crippen molar-refractivity contribution in [3.8, 4) is 0 Å². The third-order valence-electron chi connectivity index (χ3n) is 3.28. The Labute approximate surface area is 109 Å². The van der Waals surface area contributed by atoms with E-state index in [1.165, 1.54) is 0 Å². The highest BCUT2D eigenvalue weighted by Gasteiger charge is 2.40. The van der Waals surface area contributed by atoms with Crippen molar-refractivity contribution in [2.24, 2.45) is 0 Å². The Morgan fingerprint density at radius 3 is 2.74 bits per heavy atom. The van der Waals surface area contributed by atoms with Gasteiger partial charge in [-0.05, 0) is 26.2 Å². The molecule has 19 heavy (non-hydrogen) atoms. The van der Waals surface area contributed by atoms with Crippen LogP contribution in [-0.4, -0.2) is 43.3 Å². The molecular formula is C10H16N6O3. The van der Waals surface area contributed by atoms with Crippen molar-refractivity contribution in [2.45, 2.75) is 44.2 Å². The zero-order valence-corrected chi connectivity index (χ0v) is 10.5. The van der Waals surface area contributed by atoms with Crippen molar-refractivity contribution in [3.63, 3.8) is 0 Å². The van der Waals surface area contributed by atoms with E-state index in [0.29, 0.717) is 18.7 Å². The van der Waals surface area contributed by atoms with Crippen LogP contribution in [0.2, 0.25) is 0 Å². The van der Waals surface area contributed by atoms with E-state index in [1.54, 1.807) is 6.92 Å². The molecule has 9 heteroatoms. The molecule has 2 amide bonds. The summed E-state index contributed by atoms with van der Waals surface area (Å²) in [6.45, 7) is 1.72. The molecule has 1 heterocycles. The van der Waals surface area contributed by atoms with Gasteiger partial charge in [0.1, 0.15) is 0 Å². The number of hydrogen-bond acceptors (Lipinski definition) is 5. The number of tetrazole rings is 1. The highest BCUT2D eigenvalue weighted by molar-refractivity contribution is 5.77. The standard InChI is InChI=1S/C10H16N6O3/c1-6(8-13-15-16-14-8)11-9(19)12-10(3-2-4-10)5-7(17)18/h6H,2-5H2,1H3,(H,17,18)(H2,11,12,19)(H,13,14,15,16). The second-order valence-corrected chi connectivity index (χ2v) is 4.79. The minimum Gasteiger partial charge on any atom is -0.481 e. The van der Waals surface area contributed by atoms with Crippen molar-refractivity contribution in [1.29, 1.82) is 0 Å². The predicted molar refractivity (Wildman–Crippen MR) is 63.1 cm³/mol. The van der Waals surface area contributed by atoms with Crippen LogP contribution in [0.1, 0.15) is 44.5 Å². The highest BCUT2D eigenvalue weighted by atomic mass is 16.4. The lowest BCUT2D eigenvalue weighted by molar-refractivity contribution is -0.139. The number of carbonyl (C=O) groups excluding carboxylic acids is 1. The summed E-state index contributed by atoms with van der Waals surface area (Å²) in [5, 5.41) is 27.5. The first kappa shape index (κ1) is 13.2. The SMILES string of the molecule is CC(NC(=O)NC1(CC(=O)O)CCC1)c1nn[nH]n1. The second-order valence-electron chi connectivity index (χ2n) is 4.79. The van der Waals surface area contributed by atoms with E-state index in [-0.39, 0.29) is 6.42 Å². The van der Waals surface area contributed by atoms with Crippen LogP contribution in [0.15, 0.2) is 0 Å². The third kappa shape index (κ3) is 3.18. The largest absolute Gasteiger partial charge is 0.481 e. The van der Waals surface area contributed by atoms with Crippen molar-refractivity contribution in [3.05, 3.63) is 5.82 Å². The van der Waals surface area contributed by atoms with Crippen molar-refractivity contribution in [1.82, 2.24) is 31.3 Å². The molecule has 1 aromatic rings. The zero-order valence-electron chi connectivity index (χ0n) is 10.5. The Bertz CT molecular complexity index is 456. The van der Waals surface area contributed by atoms with E-state index in [4.69, 9.17) is 5.11 Å². The molecule has 1 aliphatic rings. The van der Waals surface area contributed by atoms with Crippen molar-refractivity contribution < 1.29 is 14.7 Å². The molecule has 9 nitrogen and oxygen atoms in total. The third-order valence-corrected chi connectivity index (χ3v) is 3.28. The van der Waals surface area contributed by atoms with Crippen LogP contribution in [0.3, 0.4) is 0 Å². The molecule has 0 aromatic carbocycles. The summed E-state index contributed by atoms with van der Waals surface area (Å²) in [6.07, 6.45) is 2.23. The van der Waals surface area contributed by atoms with Crippen molar-refractivity contribution >= 4 is 12.0 Å². The molecule has 1 aliphatic carbocycles. The molecule has 0 spiro atoms. The Balaban J connectivity index is 1.88. The number of nitrogens with zero attached hydrogens (tertiary/aromatic N) is 3. The summed E-state index contributed by atoms with van der Waals surface area (Å²) in [5.74, 6) is -0.540. The zero-order chi connectivity index (χ0) is 13.9. The van der Waals surface area contributed by atoms with Gasteiger partial charge in [-0.15, -0.1) is 10.2 Å². The molecule has 1 fully saturated rings. The van der Waals surface area contributed by atoms with Gasteiger partial charge in [0, 0.05) is 0 Å². The van der Waals surface area contributed by atoms with Gasteiger partial charge in [0.15, 0.2) is 5.82 Å². The summed E-state index contributed by atoms with van der Waals surface area (Å²) < 4.78 is 0. The Kier molecular flexibility index (Phi) is 3.63. The number of carboxylic acid groups (broad SMARTS) is 1. The van der Waals surface area contributed by atoms with Crippen LogP contribution < -0.4 is 10.6 Å². The number of nitrogens with one attached hydrogen (secondary N) is 3. The minimum absolute atomic E-state index is 0.0585. The van der Waals surface area contributed by atoms with Crippen LogP contribution >= 0.6 is 0 Å². The average Bonchev–Trinajstić information content (AvgIpc) is 2.78. The molecular weight excluding hydrogens is 252 g/mol. The van der Waals surface area contributed by atoms with Gasteiger partial charge >= 0.3 is 12.0 Å². The number of rotatable bonds is 5. The molecule has 0 aliphatic heterocycles. The number of aromatic amines is 1. The molecule has 1 unspecified atom stereocenters. The summed E-state index contributed by atoms with van der Waals surface area (Å²) in [7, 11) is 0. The van der Waals surface area contributed by atoms with E-state index in [9.17, 15) is 9.59 Å². The van der Waals surface area contributed by atoms with Crippen LogP contribution in [0.5, 0.6) is 0 Å². The lowest BCUT2D eigenvalue weighted by Crippen LogP contribution is -2.57. The quantitative estimate of drug-likeness (QED) is 0.592. The number of carboxylic acids is 1. The summed E-state index contributed by atoms with van der Waals surface area (Å²) in [5.41, 5.74) is -0.618. The van der Waals surface area contributed by atoms with Gasteiger partial charge in [0.05, 0.1) is 18.0 Å². The topological polar surface area (TPSA) is 133 Å². The fourth-order valence-corrected chi connectivity index (χ4v) is 2.13. The molecule has 0 saturated heterocycles. The van der Waals surface area contributed by atoms with Crippen LogP contribution in [0.25, 0.3) is 0 Å². The lowest BCUT2D eigenvalue weighted by Gasteiger charge is -2.41. The maximum Gasteiger partial charge on any atom is 0.315 e. The number of aliphatic carboxylic acids is 1. The first-order valence-electron chi connectivity index (χ1n) is 6.05. The van der Waals surface area contributed by atoms with Gasteiger partial charge in [0.2, 0.25) is 0 Å². The number of carbonyl (C=O) groups is 2. The minimum atomic E-state index is -0.911. The van der Waals surface area contributed by atoms with Crippen LogP contribution in [-0.2, 0) is 4.79 Å². The molecule has 1 aromatic heterocycles. The predicted octanol–water partition coefficient (Wildman–Crippen LogP) is -0.0427. The van der Waals surface area contributed by atoms with E-state index in [0.717, 1.165) is 6.42 Å². The van der Waals surface area contributed by atoms with Gasteiger partial charge < -0.3 is 15.7 Å². The van der Waals surface area contributed by atoms with Gasteiger partial charge in [-0.3, -0.25) is 4.79 Å². The normalized spacial score (nSPS) is 18.2. The Morgan fingerprint density at radius 1 is 1.53 bits per heavy atom. The number of urea groups is 1. The van der Waals surface area contributed by atoms with E-state index in [2.05, 4.69) is 31.3 Å². The fraction of sp³-hybridized carbons (Fsp3) is 0.700. The molecule has 0 radical (unpaired) electrons. The number of amides is 2. The first-order valence-corrected chi connectivity index (χ1v) is 6.05. The lowest BCUT2D eigenvalue weighted by atomic mass is 9.74. The summed E-state index contributed by atoms with van der Waals surface area (Å²) in [4.78, 5) is 22.6. The Morgan fingerprint density at radius 2 is 2.26 bits per heavy atom. The van der Waals surface area contributed by atoms with Crippen LogP contribution in [0, 0.1) is 0 Å². The maximum absolute atomic E-state index is 11.8. The molecule has 0 bridgehead atoms. The van der Waals surface area contributed by atoms with Gasteiger partial charge in [0.25, 0.3) is 0 Å². The van der Waals surface area contributed by atoms with Gasteiger partial charge in [-0.25, -0.2) is 4.79 Å². The van der Waals surface area contributed by atoms with Crippen molar-refractivity contribution in [2.75, 3.05) is 0 Å². The smallest absolute Gasteiger partial charge is 0.315 e. The van der Waals surface area contributed by atoms with E-state index < -0.39 is 23.6 Å². The number of H-pyrrole nitrogens is 1. The fourth-order valence-electron chi connectivity index (χ4n) is 2.13. The summed E-state index contributed by atoms with van der Waals surface area (Å²) >= 11 is 0. The van der Waals surface area contributed by atoms with Crippen LogP contribution in [0.4, 0.5) is 4.79 Å². The molecule has 104 valence electrons. The Hall–Kier alpha value is -2.19. The maximum atomic E-state index is 11.8. The van der Waals surface area contributed by atoms with Gasteiger partial charge in [-0.1, -0.05) is 5.21 Å². The number of aromatic nitrogens is 4. The molecule has 4 N–H and O–H groups in total. The number of hydrogen-bond donors (Lipinski definition) is 4. The van der Waals surface area contributed by atoms with Gasteiger partial charge in [-0.2, -0.15) is 5.21 Å². The second kappa shape index (κ2) is 5.21. The molecule has 1 saturated carbocycles.